The molecule has 0 atom stereocenters. The van der Waals surface area contributed by atoms with Crippen molar-refractivity contribution in [1.82, 2.24) is 24.7 Å². The van der Waals surface area contributed by atoms with Crippen LogP contribution in [-0.4, -0.2) is 31.3 Å². The second-order valence-electron chi connectivity index (χ2n) is 5.90. The summed E-state index contributed by atoms with van der Waals surface area (Å²) in [4.78, 5) is 15.4. The molecule has 0 saturated carbocycles. The van der Waals surface area contributed by atoms with E-state index in [0.29, 0.717) is 23.8 Å². The van der Waals surface area contributed by atoms with E-state index in [2.05, 4.69) is 31.0 Å². The van der Waals surface area contributed by atoms with E-state index < -0.39 is 0 Å². The van der Waals surface area contributed by atoms with Gasteiger partial charge in [-0.05, 0) is 17.7 Å². The van der Waals surface area contributed by atoms with E-state index in [1.165, 1.54) is 0 Å². The fourth-order valence-electron chi connectivity index (χ4n) is 3.00. The van der Waals surface area contributed by atoms with E-state index >= 15 is 0 Å². The molecule has 0 aliphatic carbocycles. The molecular formula is C17H16N8. The van der Waals surface area contributed by atoms with Gasteiger partial charge >= 0.3 is 0 Å². The summed E-state index contributed by atoms with van der Waals surface area (Å²) in [6.07, 6.45) is 4.46. The molecule has 1 aliphatic rings. The topological polar surface area (TPSA) is 110 Å². The SMILES string of the molecule is Cn1ccc(-c2nc(N)c(C#N)nc2N2CCc3ncccc3C2)n1. The molecule has 1 aliphatic heterocycles. The number of pyridine rings is 1. The Morgan fingerprint density at radius 2 is 2.16 bits per heavy atom. The van der Waals surface area contributed by atoms with Crippen molar-refractivity contribution in [2.45, 2.75) is 13.0 Å². The van der Waals surface area contributed by atoms with Crippen LogP contribution in [0.5, 0.6) is 0 Å². The van der Waals surface area contributed by atoms with Crippen molar-refractivity contribution in [3.05, 3.63) is 47.5 Å². The summed E-state index contributed by atoms with van der Waals surface area (Å²) in [5.41, 5.74) is 9.54. The van der Waals surface area contributed by atoms with Crippen LogP contribution >= 0.6 is 0 Å². The van der Waals surface area contributed by atoms with Crippen LogP contribution in [0.15, 0.2) is 30.6 Å². The van der Waals surface area contributed by atoms with Gasteiger partial charge < -0.3 is 10.6 Å². The van der Waals surface area contributed by atoms with E-state index in [-0.39, 0.29) is 11.5 Å². The van der Waals surface area contributed by atoms with Crippen LogP contribution in [0.3, 0.4) is 0 Å². The molecule has 3 aromatic heterocycles. The lowest BCUT2D eigenvalue weighted by atomic mass is 10.1. The average Bonchev–Trinajstić information content (AvgIpc) is 3.07. The lowest BCUT2D eigenvalue weighted by Gasteiger charge is -2.30. The molecule has 8 heteroatoms. The first-order chi connectivity index (χ1) is 12.2. The van der Waals surface area contributed by atoms with E-state index in [4.69, 9.17) is 5.73 Å². The number of nitriles is 1. The van der Waals surface area contributed by atoms with Gasteiger partial charge in [-0.3, -0.25) is 9.67 Å². The van der Waals surface area contributed by atoms with E-state index in [0.717, 1.165) is 24.2 Å². The van der Waals surface area contributed by atoms with Gasteiger partial charge in [0.1, 0.15) is 17.5 Å². The third-order valence-electron chi connectivity index (χ3n) is 4.23. The number of fused-ring (bicyclic) bond motifs is 1. The van der Waals surface area contributed by atoms with Gasteiger partial charge in [0.15, 0.2) is 17.3 Å². The van der Waals surface area contributed by atoms with Crippen LogP contribution in [0.25, 0.3) is 11.4 Å². The Balaban J connectivity index is 1.82. The monoisotopic (exact) mass is 332 g/mol. The predicted molar refractivity (Wildman–Crippen MR) is 92.4 cm³/mol. The zero-order valence-electron chi connectivity index (χ0n) is 13.7. The van der Waals surface area contributed by atoms with Gasteiger partial charge in [0.05, 0.1) is 0 Å². The third kappa shape index (κ3) is 2.65. The van der Waals surface area contributed by atoms with Crippen molar-refractivity contribution in [2.24, 2.45) is 7.05 Å². The molecule has 0 bridgehead atoms. The minimum Gasteiger partial charge on any atom is -0.381 e. The Morgan fingerprint density at radius 3 is 2.92 bits per heavy atom. The summed E-state index contributed by atoms with van der Waals surface area (Å²) in [6.45, 7) is 1.40. The molecule has 4 heterocycles. The molecule has 0 spiro atoms. The smallest absolute Gasteiger partial charge is 0.184 e. The molecule has 0 saturated heterocycles. The number of nitrogens with zero attached hydrogens (tertiary/aromatic N) is 7. The van der Waals surface area contributed by atoms with Crippen LogP contribution < -0.4 is 10.6 Å². The van der Waals surface area contributed by atoms with Crippen molar-refractivity contribution in [3.63, 3.8) is 0 Å². The van der Waals surface area contributed by atoms with Gasteiger partial charge in [0.2, 0.25) is 0 Å². The lowest BCUT2D eigenvalue weighted by molar-refractivity contribution is 0.700. The Bertz CT molecular complexity index is 985. The maximum Gasteiger partial charge on any atom is 0.184 e. The van der Waals surface area contributed by atoms with Crippen molar-refractivity contribution >= 4 is 11.6 Å². The highest BCUT2D eigenvalue weighted by atomic mass is 15.3. The van der Waals surface area contributed by atoms with Gasteiger partial charge in [-0.1, -0.05) is 6.07 Å². The zero-order valence-corrected chi connectivity index (χ0v) is 13.7. The van der Waals surface area contributed by atoms with Crippen molar-refractivity contribution in [2.75, 3.05) is 17.2 Å². The maximum absolute atomic E-state index is 9.28. The molecule has 0 aromatic carbocycles. The molecule has 124 valence electrons. The number of nitrogens with two attached hydrogens (primary N) is 1. The molecule has 8 nitrogen and oxygen atoms in total. The number of hydrogen-bond donors (Lipinski definition) is 1. The first-order valence-electron chi connectivity index (χ1n) is 7.91. The number of aromatic nitrogens is 5. The standard InChI is InChI=1S/C17H16N8/c1-24-7-4-13(23-24)15-17(21-14(9-18)16(19)22-15)25-8-5-12-11(10-25)3-2-6-20-12/h2-4,6-7H,5,8,10H2,1H3,(H2,19,22). The highest BCUT2D eigenvalue weighted by Crippen LogP contribution is 2.31. The number of aryl methyl sites for hydroxylation is 1. The van der Waals surface area contributed by atoms with E-state index in [1.54, 1.807) is 4.68 Å². The summed E-state index contributed by atoms with van der Waals surface area (Å²) in [5, 5.41) is 13.7. The molecule has 0 fully saturated rings. The van der Waals surface area contributed by atoms with Crippen molar-refractivity contribution in [1.29, 1.82) is 5.26 Å². The fraction of sp³-hybridized carbons (Fsp3) is 0.235. The number of nitrogen functional groups attached to an aromatic ring is 1. The highest BCUT2D eigenvalue weighted by Gasteiger charge is 2.24. The van der Waals surface area contributed by atoms with Gasteiger partial charge in [0, 0.05) is 44.6 Å². The highest BCUT2D eigenvalue weighted by molar-refractivity contribution is 5.72. The lowest BCUT2D eigenvalue weighted by Crippen LogP contribution is -2.32. The maximum atomic E-state index is 9.28. The normalized spacial score (nSPS) is 13.4. The number of anilines is 2. The fourth-order valence-corrected chi connectivity index (χ4v) is 3.00. The Hall–Kier alpha value is -3.47. The van der Waals surface area contributed by atoms with E-state index in [9.17, 15) is 5.26 Å². The first-order valence-corrected chi connectivity index (χ1v) is 7.91. The molecular weight excluding hydrogens is 316 g/mol. The molecule has 0 radical (unpaired) electrons. The zero-order chi connectivity index (χ0) is 17.4. The van der Waals surface area contributed by atoms with Gasteiger partial charge in [-0.2, -0.15) is 10.4 Å². The molecule has 0 unspecified atom stereocenters. The number of rotatable bonds is 2. The number of hydrogen-bond acceptors (Lipinski definition) is 7. The Morgan fingerprint density at radius 1 is 1.28 bits per heavy atom. The summed E-state index contributed by atoms with van der Waals surface area (Å²) in [5.74, 6) is 0.741. The summed E-state index contributed by atoms with van der Waals surface area (Å²) < 4.78 is 1.70. The molecule has 4 rings (SSSR count). The molecule has 3 aromatic rings. The minimum atomic E-state index is 0.117. The van der Waals surface area contributed by atoms with Gasteiger partial charge in [0.25, 0.3) is 0 Å². The summed E-state index contributed by atoms with van der Waals surface area (Å²) in [6, 6.07) is 7.86. The third-order valence-corrected chi connectivity index (χ3v) is 4.23. The van der Waals surface area contributed by atoms with Crippen LogP contribution in [0.1, 0.15) is 17.0 Å². The van der Waals surface area contributed by atoms with Crippen molar-refractivity contribution < 1.29 is 0 Å². The van der Waals surface area contributed by atoms with Crippen LogP contribution in [0.2, 0.25) is 0 Å². The van der Waals surface area contributed by atoms with Gasteiger partial charge in [-0.25, -0.2) is 9.97 Å². The second-order valence-corrected chi connectivity index (χ2v) is 5.90. The summed E-state index contributed by atoms with van der Waals surface area (Å²) >= 11 is 0. The Kier molecular flexibility index (Phi) is 3.54. The van der Waals surface area contributed by atoms with Crippen LogP contribution in [0, 0.1) is 11.3 Å². The van der Waals surface area contributed by atoms with Crippen molar-refractivity contribution in [3.8, 4) is 17.5 Å². The van der Waals surface area contributed by atoms with Crippen LogP contribution in [-0.2, 0) is 20.0 Å². The summed E-state index contributed by atoms with van der Waals surface area (Å²) in [7, 11) is 1.84. The minimum absolute atomic E-state index is 0.117. The quantitative estimate of drug-likeness (QED) is 0.753. The predicted octanol–water partition coefficient (Wildman–Crippen LogP) is 1.29. The van der Waals surface area contributed by atoms with E-state index in [1.807, 2.05) is 37.6 Å². The first kappa shape index (κ1) is 15.1. The second kappa shape index (κ2) is 5.87. The van der Waals surface area contributed by atoms with Gasteiger partial charge in [-0.15, -0.1) is 0 Å². The molecule has 25 heavy (non-hydrogen) atoms. The van der Waals surface area contributed by atoms with Crippen LogP contribution in [0.4, 0.5) is 11.6 Å². The average molecular weight is 332 g/mol. The molecule has 0 amide bonds. The largest absolute Gasteiger partial charge is 0.381 e. The Labute approximate surface area is 144 Å². The molecule has 2 N–H and O–H groups in total.